The first-order valence-corrected chi connectivity index (χ1v) is 8.14. The second-order valence-electron chi connectivity index (χ2n) is 6.09. The number of aryl methyl sites for hydroxylation is 1. The highest BCUT2D eigenvalue weighted by molar-refractivity contribution is 5.92. The van der Waals surface area contributed by atoms with Crippen LogP contribution in [0.4, 0.5) is 5.69 Å². The van der Waals surface area contributed by atoms with Gasteiger partial charge in [0.2, 0.25) is 5.91 Å². The third kappa shape index (κ3) is 2.62. The van der Waals surface area contributed by atoms with E-state index in [-0.39, 0.29) is 11.8 Å². The SMILES string of the molecule is COc1ccc(NC(=O)C2CCc3nc4ccccn4c3C2)cc1. The predicted molar refractivity (Wildman–Crippen MR) is 92.3 cm³/mol. The fraction of sp³-hybridized carbons (Fsp3) is 0.263. The highest BCUT2D eigenvalue weighted by Gasteiger charge is 2.28. The number of imidazole rings is 1. The van der Waals surface area contributed by atoms with Gasteiger partial charge in [-0.25, -0.2) is 4.98 Å². The molecule has 1 aliphatic rings. The smallest absolute Gasteiger partial charge is 0.227 e. The molecule has 0 saturated heterocycles. The number of nitrogens with zero attached hydrogens (tertiary/aromatic N) is 2. The van der Waals surface area contributed by atoms with Gasteiger partial charge in [0, 0.05) is 29.9 Å². The zero-order valence-electron chi connectivity index (χ0n) is 13.5. The molecule has 1 aromatic carbocycles. The number of hydrogen-bond donors (Lipinski definition) is 1. The molecule has 2 aromatic heterocycles. The Balaban J connectivity index is 1.52. The van der Waals surface area contributed by atoms with Gasteiger partial charge < -0.3 is 14.5 Å². The highest BCUT2D eigenvalue weighted by atomic mass is 16.5. The van der Waals surface area contributed by atoms with E-state index >= 15 is 0 Å². The quantitative estimate of drug-likeness (QED) is 0.806. The fourth-order valence-electron chi connectivity index (χ4n) is 3.30. The molecule has 5 nitrogen and oxygen atoms in total. The molecule has 0 aliphatic heterocycles. The second-order valence-corrected chi connectivity index (χ2v) is 6.09. The molecule has 122 valence electrons. The Morgan fingerprint density at radius 1 is 1.25 bits per heavy atom. The number of fused-ring (bicyclic) bond motifs is 3. The Morgan fingerprint density at radius 3 is 2.88 bits per heavy atom. The molecule has 0 bridgehead atoms. The molecule has 1 aliphatic carbocycles. The van der Waals surface area contributed by atoms with Crippen LogP contribution in [-0.2, 0) is 17.6 Å². The zero-order chi connectivity index (χ0) is 16.5. The zero-order valence-corrected chi connectivity index (χ0v) is 13.5. The molecule has 5 heteroatoms. The van der Waals surface area contributed by atoms with Crippen molar-refractivity contribution < 1.29 is 9.53 Å². The van der Waals surface area contributed by atoms with Crippen LogP contribution in [0.5, 0.6) is 5.75 Å². The van der Waals surface area contributed by atoms with Crippen molar-refractivity contribution >= 4 is 17.2 Å². The van der Waals surface area contributed by atoms with E-state index in [1.807, 2.05) is 48.7 Å². The maximum atomic E-state index is 12.6. The van der Waals surface area contributed by atoms with Crippen molar-refractivity contribution in [1.29, 1.82) is 0 Å². The molecule has 0 saturated carbocycles. The Bertz CT molecular complexity index is 883. The summed E-state index contributed by atoms with van der Waals surface area (Å²) in [6, 6.07) is 13.4. The molecule has 3 aromatic rings. The summed E-state index contributed by atoms with van der Waals surface area (Å²) in [6.45, 7) is 0. The molecular weight excluding hydrogens is 302 g/mol. The highest BCUT2D eigenvalue weighted by Crippen LogP contribution is 2.27. The lowest BCUT2D eigenvalue weighted by Crippen LogP contribution is -2.28. The van der Waals surface area contributed by atoms with Crippen molar-refractivity contribution in [2.24, 2.45) is 5.92 Å². The van der Waals surface area contributed by atoms with E-state index in [1.54, 1.807) is 7.11 Å². The van der Waals surface area contributed by atoms with Gasteiger partial charge in [-0.1, -0.05) is 6.07 Å². The molecule has 1 amide bonds. The molecule has 0 spiro atoms. The topological polar surface area (TPSA) is 55.6 Å². The number of carbonyl (C=O) groups is 1. The summed E-state index contributed by atoms with van der Waals surface area (Å²) in [7, 11) is 1.63. The lowest BCUT2D eigenvalue weighted by Gasteiger charge is -2.21. The normalized spacial score (nSPS) is 16.6. The molecule has 24 heavy (non-hydrogen) atoms. The van der Waals surface area contributed by atoms with Gasteiger partial charge >= 0.3 is 0 Å². The molecule has 1 unspecified atom stereocenters. The minimum absolute atomic E-state index is 0.0280. The molecule has 0 radical (unpaired) electrons. The second kappa shape index (κ2) is 6.00. The maximum Gasteiger partial charge on any atom is 0.227 e. The summed E-state index contributed by atoms with van der Waals surface area (Å²) in [4.78, 5) is 17.3. The lowest BCUT2D eigenvalue weighted by molar-refractivity contribution is -0.120. The third-order valence-corrected chi connectivity index (χ3v) is 4.61. The van der Waals surface area contributed by atoms with Crippen molar-refractivity contribution in [1.82, 2.24) is 9.38 Å². The van der Waals surface area contributed by atoms with Crippen LogP contribution in [0.1, 0.15) is 17.8 Å². The predicted octanol–water partition coefficient (Wildman–Crippen LogP) is 3.09. The van der Waals surface area contributed by atoms with Gasteiger partial charge in [0.15, 0.2) is 0 Å². The largest absolute Gasteiger partial charge is 0.497 e. The van der Waals surface area contributed by atoms with E-state index in [2.05, 4.69) is 14.7 Å². The minimum atomic E-state index is -0.0280. The number of aromatic nitrogens is 2. The van der Waals surface area contributed by atoms with Crippen LogP contribution in [0.3, 0.4) is 0 Å². The Kier molecular flexibility index (Phi) is 3.69. The van der Waals surface area contributed by atoms with E-state index in [1.165, 1.54) is 0 Å². The van der Waals surface area contributed by atoms with Gasteiger partial charge in [-0.15, -0.1) is 0 Å². The van der Waals surface area contributed by atoms with Gasteiger partial charge in [0.1, 0.15) is 11.4 Å². The van der Waals surface area contributed by atoms with Gasteiger partial charge in [0.05, 0.1) is 12.8 Å². The first-order chi connectivity index (χ1) is 11.7. The summed E-state index contributed by atoms with van der Waals surface area (Å²) in [5, 5.41) is 3.01. The minimum Gasteiger partial charge on any atom is -0.497 e. The van der Waals surface area contributed by atoms with E-state index in [0.29, 0.717) is 0 Å². The number of rotatable bonds is 3. The van der Waals surface area contributed by atoms with Crippen LogP contribution in [0, 0.1) is 5.92 Å². The van der Waals surface area contributed by atoms with Gasteiger partial charge in [-0.3, -0.25) is 4.79 Å². The van der Waals surface area contributed by atoms with Crippen molar-refractivity contribution in [3.05, 3.63) is 60.0 Å². The summed E-state index contributed by atoms with van der Waals surface area (Å²) < 4.78 is 7.24. The first kappa shape index (κ1) is 14.8. The molecular formula is C19H19N3O2. The van der Waals surface area contributed by atoms with Crippen LogP contribution in [0.25, 0.3) is 5.65 Å². The van der Waals surface area contributed by atoms with E-state index in [9.17, 15) is 4.79 Å². The third-order valence-electron chi connectivity index (χ3n) is 4.61. The monoisotopic (exact) mass is 321 g/mol. The van der Waals surface area contributed by atoms with Gasteiger partial charge in [0.25, 0.3) is 0 Å². The van der Waals surface area contributed by atoms with Crippen molar-refractivity contribution in [3.8, 4) is 5.75 Å². The Labute approximate surface area is 140 Å². The Hall–Kier alpha value is -2.82. The number of hydrogen-bond acceptors (Lipinski definition) is 3. The Morgan fingerprint density at radius 2 is 2.08 bits per heavy atom. The summed E-state index contributed by atoms with van der Waals surface area (Å²) in [6.07, 6.45) is 4.42. The number of benzene rings is 1. The molecule has 1 N–H and O–H groups in total. The standard InChI is InChI=1S/C19H19N3O2/c1-24-15-8-6-14(7-9-15)20-19(23)13-5-10-16-17(12-13)22-11-3-2-4-18(22)21-16/h2-4,6-9,11,13H,5,10,12H2,1H3,(H,20,23). The molecule has 1 atom stereocenters. The number of anilines is 1. The van der Waals surface area contributed by atoms with E-state index < -0.39 is 0 Å². The van der Waals surface area contributed by atoms with Crippen LogP contribution in [-0.4, -0.2) is 22.4 Å². The average molecular weight is 321 g/mol. The maximum absolute atomic E-state index is 12.6. The average Bonchev–Trinajstić information content (AvgIpc) is 3.00. The van der Waals surface area contributed by atoms with Crippen LogP contribution < -0.4 is 10.1 Å². The molecule has 2 heterocycles. The van der Waals surface area contributed by atoms with Crippen molar-refractivity contribution in [2.75, 3.05) is 12.4 Å². The fourth-order valence-corrected chi connectivity index (χ4v) is 3.30. The van der Waals surface area contributed by atoms with Gasteiger partial charge in [-0.05, 0) is 49.2 Å². The van der Waals surface area contributed by atoms with Crippen molar-refractivity contribution in [3.63, 3.8) is 0 Å². The first-order valence-electron chi connectivity index (χ1n) is 8.14. The lowest BCUT2D eigenvalue weighted by atomic mass is 9.89. The number of nitrogens with one attached hydrogen (secondary N) is 1. The van der Waals surface area contributed by atoms with E-state index in [4.69, 9.17) is 4.74 Å². The number of carbonyl (C=O) groups excluding carboxylic acids is 1. The molecule has 0 fully saturated rings. The molecule has 4 rings (SSSR count). The van der Waals surface area contributed by atoms with E-state index in [0.717, 1.165) is 47.7 Å². The van der Waals surface area contributed by atoms with Crippen LogP contribution in [0.2, 0.25) is 0 Å². The summed E-state index contributed by atoms with van der Waals surface area (Å²) in [5.74, 6) is 0.817. The van der Waals surface area contributed by atoms with Crippen LogP contribution in [0.15, 0.2) is 48.7 Å². The number of methoxy groups -OCH3 is 1. The summed E-state index contributed by atoms with van der Waals surface area (Å²) >= 11 is 0. The van der Waals surface area contributed by atoms with Crippen LogP contribution >= 0.6 is 0 Å². The summed E-state index contributed by atoms with van der Waals surface area (Å²) in [5.41, 5.74) is 4.03. The van der Waals surface area contributed by atoms with Crippen molar-refractivity contribution in [2.45, 2.75) is 19.3 Å². The van der Waals surface area contributed by atoms with Gasteiger partial charge in [-0.2, -0.15) is 0 Å². The number of pyridine rings is 1. The number of ether oxygens (including phenoxy) is 1. The number of amides is 1.